The fourth-order valence-corrected chi connectivity index (χ4v) is 3.53. The molecule has 0 saturated carbocycles. The standard InChI is InChI=1S/C27H30N2O6/c1-32-22-12-11-18(10-9-17-15-23(33-2)27(35-4)24(16-17)34-3)25(26(22)31)29-14-13-21(30)19-7-5-6-8-20(19)28/h5-16,21,29-31H,28H2,1-4H3/b10-9-,14-13-. The summed E-state index contributed by atoms with van der Waals surface area (Å²) in [6, 6.07) is 14.2. The second kappa shape index (κ2) is 11.7. The van der Waals surface area contributed by atoms with E-state index in [-0.39, 0.29) is 5.75 Å². The van der Waals surface area contributed by atoms with Crippen LogP contribution in [0, 0.1) is 0 Å². The summed E-state index contributed by atoms with van der Waals surface area (Å²) in [5, 5.41) is 24.2. The molecule has 3 aromatic rings. The fraction of sp³-hybridized carbons (Fsp3) is 0.185. The van der Waals surface area contributed by atoms with Crippen LogP contribution in [0.2, 0.25) is 0 Å². The van der Waals surface area contributed by atoms with E-state index in [9.17, 15) is 10.2 Å². The highest BCUT2D eigenvalue weighted by Gasteiger charge is 2.14. The van der Waals surface area contributed by atoms with Crippen molar-refractivity contribution in [2.45, 2.75) is 6.10 Å². The molecule has 0 heterocycles. The molecular weight excluding hydrogens is 448 g/mol. The molecule has 0 bridgehead atoms. The third kappa shape index (κ3) is 5.80. The largest absolute Gasteiger partial charge is 0.503 e. The zero-order valence-corrected chi connectivity index (χ0v) is 20.1. The smallest absolute Gasteiger partial charge is 0.203 e. The Morgan fingerprint density at radius 1 is 0.857 bits per heavy atom. The number of aliphatic hydroxyl groups excluding tert-OH is 1. The lowest BCUT2D eigenvalue weighted by atomic mass is 10.1. The Morgan fingerprint density at radius 2 is 1.51 bits per heavy atom. The third-order valence-corrected chi connectivity index (χ3v) is 5.36. The first-order chi connectivity index (χ1) is 16.9. The highest BCUT2D eigenvalue weighted by atomic mass is 16.5. The molecule has 0 radical (unpaired) electrons. The molecule has 8 heteroatoms. The number of hydrogen-bond donors (Lipinski definition) is 4. The summed E-state index contributed by atoms with van der Waals surface area (Å²) >= 11 is 0. The van der Waals surface area contributed by atoms with Crippen LogP contribution in [0.5, 0.6) is 28.7 Å². The first-order valence-corrected chi connectivity index (χ1v) is 10.8. The van der Waals surface area contributed by atoms with E-state index in [4.69, 9.17) is 24.7 Å². The number of nitrogens with two attached hydrogens (primary N) is 1. The molecule has 0 aliphatic rings. The number of para-hydroxylation sites is 1. The molecule has 0 fully saturated rings. The van der Waals surface area contributed by atoms with Gasteiger partial charge in [-0.2, -0.15) is 0 Å². The van der Waals surface area contributed by atoms with Gasteiger partial charge in [0.1, 0.15) is 6.10 Å². The van der Waals surface area contributed by atoms with Gasteiger partial charge in [0.15, 0.2) is 23.0 Å². The van der Waals surface area contributed by atoms with Gasteiger partial charge >= 0.3 is 0 Å². The monoisotopic (exact) mass is 478 g/mol. The van der Waals surface area contributed by atoms with E-state index in [1.807, 2.05) is 24.3 Å². The molecule has 184 valence electrons. The lowest BCUT2D eigenvalue weighted by Gasteiger charge is -2.14. The number of hydrogen-bond acceptors (Lipinski definition) is 8. The van der Waals surface area contributed by atoms with Crippen molar-refractivity contribution in [1.82, 2.24) is 0 Å². The maximum Gasteiger partial charge on any atom is 0.203 e. The van der Waals surface area contributed by atoms with Crippen LogP contribution in [0.4, 0.5) is 11.4 Å². The minimum atomic E-state index is -0.922. The maximum absolute atomic E-state index is 10.7. The molecule has 0 saturated heterocycles. The molecule has 3 rings (SSSR count). The normalized spacial score (nSPS) is 12.0. The van der Waals surface area contributed by atoms with E-state index in [0.29, 0.717) is 45.5 Å². The lowest BCUT2D eigenvalue weighted by Crippen LogP contribution is -2.00. The number of aromatic hydroxyl groups is 1. The molecule has 0 aromatic heterocycles. The van der Waals surface area contributed by atoms with Gasteiger partial charge in [0.05, 0.1) is 34.1 Å². The average molecular weight is 479 g/mol. The molecule has 3 aromatic carbocycles. The van der Waals surface area contributed by atoms with Crippen LogP contribution in [0.25, 0.3) is 12.2 Å². The van der Waals surface area contributed by atoms with Crippen LogP contribution in [-0.4, -0.2) is 38.7 Å². The molecule has 0 spiro atoms. The fourth-order valence-electron chi connectivity index (χ4n) is 3.53. The number of nitrogens with one attached hydrogen (secondary N) is 1. The Morgan fingerprint density at radius 3 is 2.11 bits per heavy atom. The summed E-state index contributed by atoms with van der Waals surface area (Å²) < 4.78 is 21.5. The van der Waals surface area contributed by atoms with Crippen molar-refractivity contribution < 1.29 is 29.2 Å². The number of ether oxygens (including phenoxy) is 4. The Labute approximate surface area is 204 Å². The number of rotatable bonds is 10. The predicted octanol–water partition coefficient (Wildman–Crippen LogP) is 4.84. The number of aliphatic hydroxyl groups is 1. The van der Waals surface area contributed by atoms with Crippen LogP contribution in [0.1, 0.15) is 22.8 Å². The number of benzene rings is 3. The van der Waals surface area contributed by atoms with Gasteiger partial charge in [-0.1, -0.05) is 30.4 Å². The van der Waals surface area contributed by atoms with Crippen LogP contribution < -0.4 is 30.0 Å². The van der Waals surface area contributed by atoms with Crippen LogP contribution in [0.3, 0.4) is 0 Å². The Balaban J connectivity index is 1.92. The van der Waals surface area contributed by atoms with Crippen molar-refractivity contribution in [1.29, 1.82) is 0 Å². The van der Waals surface area contributed by atoms with Gasteiger partial charge in [-0.25, -0.2) is 0 Å². The topological polar surface area (TPSA) is 115 Å². The number of phenolic OH excluding ortho intramolecular Hbond substituents is 1. The number of methoxy groups -OCH3 is 4. The van der Waals surface area contributed by atoms with Gasteiger partial charge in [0.2, 0.25) is 5.75 Å². The van der Waals surface area contributed by atoms with Crippen molar-refractivity contribution in [2.24, 2.45) is 0 Å². The van der Waals surface area contributed by atoms with Crippen LogP contribution in [-0.2, 0) is 0 Å². The zero-order chi connectivity index (χ0) is 25.4. The Kier molecular flexibility index (Phi) is 8.48. The van der Waals surface area contributed by atoms with E-state index in [1.165, 1.54) is 13.2 Å². The van der Waals surface area contributed by atoms with E-state index < -0.39 is 6.10 Å². The number of phenols is 1. The second-order valence-corrected chi connectivity index (χ2v) is 7.45. The lowest BCUT2D eigenvalue weighted by molar-refractivity contribution is 0.229. The Bertz CT molecular complexity index is 1200. The first kappa shape index (κ1) is 25.3. The van der Waals surface area contributed by atoms with Crippen molar-refractivity contribution in [3.63, 3.8) is 0 Å². The van der Waals surface area contributed by atoms with Gasteiger partial charge in [0.25, 0.3) is 0 Å². The van der Waals surface area contributed by atoms with Gasteiger partial charge in [-0.05, 0) is 42.0 Å². The van der Waals surface area contributed by atoms with Crippen molar-refractivity contribution >= 4 is 23.5 Å². The Hall–Kier alpha value is -4.30. The summed E-state index contributed by atoms with van der Waals surface area (Å²) in [5.74, 6) is 1.79. The zero-order valence-electron chi connectivity index (χ0n) is 20.1. The molecule has 35 heavy (non-hydrogen) atoms. The third-order valence-electron chi connectivity index (χ3n) is 5.36. The summed E-state index contributed by atoms with van der Waals surface area (Å²) in [4.78, 5) is 0. The summed E-state index contributed by atoms with van der Waals surface area (Å²) in [6.45, 7) is 0. The summed E-state index contributed by atoms with van der Waals surface area (Å²) in [5.41, 5.74) is 8.89. The average Bonchev–Trinajstić information content (AvgIpc) is 2.88. The predicted molar refractivity (Wildman–Crippen MR) is 138 cm³/mol. The van der Waals surface area contributed by atoms with Crippen molar-refractivity contribution in [2.75, 3.05) is 39.5 Å². The van der Waals surface area contributed by atoms with E-state index >= 15 is 0 Å². The molecule has 1 unspecified atom stereocenters. The summed E-state index contributed by atoms with van der Waals surface area (Å²) in [7, 11) is 6.13. The number of anilines is 2. The quantitative estimate of drug-likeness (QED) is 0.186. The molecule has 0 amide bonds. The van der Waals surface area contributed by atoms with Gasteiger partial charge in [-0.3, -0.25) is 0 Å². The second-order valence-electron chi connectivity index (χ2n) is 7.45. The summed E-state index contributed by atoms with van der Waals surface area (Å²) in [6.07, 6.45) is 5.83. The molecular formula is C27H30N2O6. The van der Waals surface area contributed by atoms with Gasteiger partial charge in [0, 0.05) is 23.0 Å². The first-order valence-electron chi connectivity index (χ1n) is 10.8. The molecule has 0 aliphatic carbocycles. The minimum Gasteiger partial charge on any atom is -0.503 e. The van der Waals surface area contributed by atoms with Gasteiger partial charge < -0.3 is 40.2 Å². The van der Waals surface area contributed by atoms with Crippen molar-refractivity contribution in [3.8, 4) is 28.7 Å². The van der Waals surface area contributed by atoms with Crippen LogP contribution in [0.15, 0.2) is 60.8 Å². The van der Waals surface area contributed by atoms with E-state index in [0.717, 1.165) is 5.56 Å². The molecule has 1 atom stereocenters. The SMILES string of the molecule is COc1ccc(/C=C\c2cc(OC)c(OC)c(OC)c2)c(N/C=C\C(O)c2ccccc2N)c1O. The maximum atomic E-state index is 10.7. The highest BCUT2D eigenvalue weighted by Crippen LogP contribution is 2.40. The van der Waals surface area contributed by atoms with Gasteiger partial charge in [-0.15, -0.1) is 0 Å². The number of nitrogen functional groups attached to an aromatic ring is 1. The molecule has 0 aliphatic heterocycles. The van der Waals surface area contributed by atoms with Crippen LogP contribution >= 0.6 is 0 Å². The minimum absolute atomic E-state index is 0.0714. The van der Waals surface area contributed by atoms with E-state index in [1.54, 1.807) is 63.9 Å². The highest BCUT2D eigenvalue weighted by molar-refractivity contribution is 5.82. The van der Waals surface area contributed by atoms with Crippen molar-refractivity contribution in [3.05, 3.63) is 77.5 Å². The molecule has 8 nitrogen and oxygen atoms in total. The van der Waals surface area contributed by atoms with E-state index in [2.05, 4.69) is 5.32 Å². The molecule has 5 N–H and O–H groups in total.